The van der Waals surface area contributed by atoms with Gasteiger partial charge in [0.1, 0.15) is 0 Å². The van der Waals surface area contributed by atoms with Crippen LogP contribution in [-0.2, 0) is 4.79 Å². The molecule has 1 aliphatic heterocycles. The van der Waals surface area contributed by atoms with Gasteiger partial charge < -0.3 is 5.11 Å². The summed E-state index contributed by atoms with van der Waals surface area (Å²) in [6.45, 7) is 4.09. The van der Waals surface area contributed by atoms with E-state index in [4.69, 9.17) is 0 Å². The van der Waals surface area contributed by atoms with Crippen molar-refractivity contribution in [3.8, 4) is 0 Å². The minimum absolute atomic E-state index is 0.418. The Bertz CT molecular complexity index is 246. The van der Waals surface area contributed by atoms with Crippen LogP contribution in [0.3, 0.4) is 0 Å². The molecule has 3 heteroatoms. The summed E-state index contributed by atoms with van der Waals surface area (Å²) in [5, 5.41) is 9.38. The molecule has 2 fully saturated rings. The van der Waals surface area contributed by atoms with Crippen molar-refractivity contribution < 1.29 is 9.90 Å². The minimum atomic E-state index is -0.570. The van der Waals surface area contributed by atoms with Crippen LogP contribution in [0, 0.1) is 5.41 Å². The first-order valence-corrected chi connectivity index (χ1v) is 6.11. The highest BCUT2D eigenvalue weighted by Crippen LogP contribution is 2.40. The normalized spacial score (nSPS) is 30.9. The van der Waals surface area contributed by atoms with E-state index < -0.39 is 11.4 Å². The third-order valence-corrected chi connectivity index (χ3v) is 4.21. The molecule has 1 heterocycles. The molecule has 1 unspecified atom stereocenters. The lowest BCUT2D eigenvalue weighted by molar-refractivity contribution is -0.150. The van der Waals surface area contributed by atoms with E-state index in [1.54, 1.807) is 0 Å². The molecule has 0 aromatic rings. The molecule has 1 N–H and O–H groups in total. The van der Waals surface area contributed by atoms with Crippen molar-refractivity contribution in [3.63, 3.8) is 0 Å². The molecule has 0 spiro atoms. The molecule has 0 amide bonds. The largest absolute Gasteiger partial charge is 0.481 e. The summed E-state index contributed by atoms with van der Waals surface area (Å²) in [6.07, 6.45) is 6.41. The maximum Gasteiger partial charge on any atom is 0.310 e. The van der Waals surface area contributed by atoms with Gasteiger partial charge in [-0.3, -0.25) is 9.69 Å². The van der Waals surface area contributed by atoms with E-state index in [1.807, 2.05) is 0 Å². The Balaban J connectivity index is 2.03. The maximum atomic E-state index is 11.4. The smallest absolute Gasteiger partial charge is 0.310 e. The second-order valence-electron chi connectivity index (χ2n) is 5.25. The average molecular weight is 211 g/mol. The molecule has 0 aromatic carbocycles. The topological polar surface area (TPSA) is 40.5 Å². The summed E-state index contributed by atoms with van der Waals surface area (Å²) in [6, 6.07) is 0.585. The molecule has 15 heavy (non-hydrogen) atoms. The zero-order chi connectivity index (χ0) is 10.9. The fraction of sp³-hybridized carbons (Fsp3) is 0.917. The van der Waals surface area contributed by atoms with Gasteiger partial charge in [0.15, 0.2) is 0 Å². The molecule has 0 bridgehead atoms. The Morgan fingerprint density at radius 2 is 2.07 bits per heavy atom. The van der Waals surface area contributed by atoms with Gasteiger partial charge in [-0.15, -0.1) is 0 Å². The highest BCUT2D eigenvalue weighted by Gasteiger charge is 2.43. The number of likely N-dealkylation sites (tertiary alicyclic amines) is 1. The van der Waals surface area contributed by atoms with Gasteiger partial charge in [0, 0.05) is 12.6 Å². The summed E-state index contributed by atoms with van der Waals surface area (Å²) < 4.78 is 0. The lowest BCUT2D eigenvalue weighted by Gasteiger charge is -2.31. The van der Waals surface area contributed by atoms with Crippen LogP contribution in [0.2, 0.25) is 0 Å². The molecular formula is C12H21NO2. The Morgan fingerprint density at radius 3 is 2.53 bits per heavy atom. The van der Waals surface area contributed by atoms with Crippen molar-refractivity contribution in [2.24, 2.45) is 5.41 Å². The quantitative estimate of drug-likeness (QED) is 0.777. The van der Waals surface area contributed by atoms with Crippen molar-refractivity contribution in [1.82, 2.24) is 4.90 Å². The van der Waals surface area contributed by atoms with Crippen LogP contribution in [0.25, 0.3) is 0 Å². The van der Waals surface area contributed by atoms with Crippen LogP contribution in [0.4, 0.5) is 0 Å². The van der Waals surface area contributed by atoms with Gasteiger partial charge in [-0.1, -0.05) is 12.8 Å². The second kappa shape index (κ2) is 4.12. The molecular weight excluding hydrogens is 190 g/mol. The number of carboxylic acid groups (broad SMARTS) is 1. The summed E-state index contributed by atoms with van der Waals surface area (Å²) in [5.74, 6) is -0.570. The molecule has 1 saturated heterocycles. The van der Waals surface area contributed by atoms with Crippen molar-refractivity contribution in [1.29, 1.82) is 0 Å². The van der Waals surface area contributed by atoms with Crippen LogP contribution < -0.4 is 0 Å². The monoisotopic (exact) mass is 211 g/mol. The number of aliphatic carboxylic acids is 1. The number of hydrogen-bond acceptors (Lipinski definition) is 2. The number of carbonyl (C=O) groups is 1. The molecule has 1 atom stereocenters. The molecule has 2 aliphatic rings. The minimum Gasteiger partial charge on any atom is -0.481 e. The molecule has 3 nitrogen and oxygen atoms in total. The van der Waals surface area contributed by atoms with Gasteiger partial charge in [-0.25, -0.2) is 0 Å². The number of nitrogens with zero attached hydrogens (tertiary/aromatic N) is 1. The van der Waals surface area contributed by atoms with Gasteiger partial charge >= 0.3 is 5.97 Å². The zero-order valence-corrected chi connectivity index (χ0v) is 9.54. The first-order valence-electron chi connectivity index (χ1n) is 6.11. The van der Waals surface area contributed by atoms with Crippen LogP contribution in [0.1, 0.15) is 45.4 Å². The van der Waals surface area contributed by atoms with E-state index in [0.717, 1.165) is 38.8 Å². The number of hydrogen-bond donors (Lipinski definition) is 1. The third kappa shape index (κ3) is 2.03. The Hall–Kier alpha value is -0.570. The van der Waals surface area contributed by atoms with E-state index in [2.05, 4.69) is 11.8 Å². The van der Waals surface area contributed by atoms with Crippen LogP contribution >= 0.6 is 0 Å². The molecule has 0 radical (unpaired) electrons. The summed E-state index contributed by atoms with van der Waals surface area (Å²) in [7, 11) is 0. The molecule has 2 rings (SSSR count). The SMILES string of the molecule is CC1CCCN1CC1(C(=O)O)CCCC1. The summed E-state index contributed by atoms with van der Waals surface area (Å²) >= 11 is 0. The zero-order valence-electron chi connectivity index (χ0n) is 9.54. The van der Waals surface area contributed by atoms with Crippen LogP contribution in [0.5, 0.6) is 0 Å². The third-order valence-electron chi connectivity index (χ3n) is 4.21. The first kappa shape index (κ1) is 10.9. The van der Waals surface area contributed by atoms with Crippen molar-refractivity contribution >= 4 is 5.97 Å². The van der Waals surface area contributed by atoms with E-state index in [0.29, 0.717) is 6.04 Å². The number of carboxylic acids is 1. The van der Waals surface area contributed by atoms with Crippen LogP contribution in [0.15, 0.2) is 0 Å². The van der Waals surface area contributed by atoms with Crippen molar-refractivity contribution in [3.05, 3.63) is 0 Å². The molecule has 0 aromatic heterocycles. The Labute approximate surface area is 91.5 Å². The van der Waals surface area contributed by atoms with Gasteiger partial charge in [-0.2, -0.15) is 0 Å². The predicted molar refractivity (Wildman–Crippen MR) is 58.8 cm³/mol. The van der Waals surface area contributed by atoms with E-state index in [9.17, 15) is 9.90 Å². The Morgan fingerprint density at radius 1 is 1.40 bits per heavy atom. The molecule has 86 valence electrons. The predicted octanol–water partition coefficient (Wildman–Crippen LogP) is 2.12. The number of rotatable bonds is 3. The van der Waals surface area contributed by atoms with E-state index in [-0.39, 0.29) is 0 Å². The van der Waals surface area contributed by atoms with Crippen LogP contribution in [-0.4, -0.2) is 35.1 Å². The lowest BCUT2D eigenvalue weighted by atomic mass is 9.85. The van der Waals surface area contributed by atoms with E-state index in [1.165, 1.54) is 12.8 Å². The van der Waals surface area contributed by atoms with Gasteiger partial charge in [0.25, 0.3) is 0 Å². The molecule has 1 aliphatic carbocycles. The fourth-order valence-electron chi connectivity index (χ4n) is 3.11. The maximum absolute atomic E-state index is 11.4. The first-order chi connectivity index (χ1) is 7.14. The second-order valence-corrected chi connectivity index (χ2v) is 5.25. The fourth-order valence-corrected chi connectivity index (χ4v) is 3.11. The Kier molecular flexibility index (Phi) is 3.01. The highest BCUT2D eigenvalue weighted by molar-refractivity contribution is 5.75. The summed E-state index contributed by atoms with van der Waals surface area (Å²) in [5.41, 5.74) is -0.418. The average Bonchev–Trinajstić information content (AvgIpc) is 2.78. The lowest BCUT2D eigenvalue weighted by Crippen LogP contribution is -2.42. The van der Waals surface area contributed by atoms with Crippen molar-refractivity contribution in [2.75, 3.05) is 13.1 Å². The summed E-state index contributed by atoms with van der Waals surface area (Å²) in [4.78, 5) is 13.8. The highest BCUT2D eigenvalue weighted by atomic mass is 16.4. The van der Waals surface area contributed by atoms with Gasteiger partial charge in [0.2, 0.25) is 0 Å². The standard InChI is InChI=1S/C12H21NO2/c1-10-5-4-8-13(10)9-12(11(14)15)6-2-3-7-12/h10H,2-9H2,1H3,(H,14,15). The van der Waals surface area contributed by atoms with Gasteiger partial charge in [0.05, 0.1) is 5.41 Å². The van der Waals surface area contributed by atoms with E-state index >= 15 is 0 Å². The molecule has 1 saturated carbocycles. The van der Waals surface area contributed by atoms with Crippen molar-refractivity contribution in [2.45, 2.75) is 51.5 Å². The van der Waals surface area contributed by atoms with Gasteiger partial charge in [-0.05, 0) is 39.2 Å².